The molecular formula is C15H12F3N3O3. The standard InChI is InChI=1S/C15H12F3N3O3/c16-15(17,18)10-4-6-11(7-5-10)19-9-14(22)20-12-2-1-3-13(8-12)21(23)24/h1-8,19H,9H2,(H,20,22). The van der Waals surface area contributed by atoms with Crippen LogP contribution >= 0.6 is 0 Å². The number of hydrogen-bond acceptors (Lipinski definition) is 4. The number of non-ortho nitro benzene ring substituents is 1. The largest absolute Gasteiger partial charge is 0.416 e. The third kappa shape index (κ3) is 4.70. The molecule has 0 saturated carbocycles. The number of carbonyl (C=O) groups excluding carboxylic acids is 1. The second kappa shape index (κ2) is 6.99. The fraction of sp³-hybridized carbons (Fsp3) is 0.133. The Labute approximate surface area is 134 Å². The van der Waals surface area contributed by atoms with Crippen molar-refractivity contribution in [2.45, 2.75) is 6.18 Å². The van der Waals surface area contributed by atoms with Gasteiger partial charge >= 0.3 is 6.18 Å². The Morgan fingerprint density at radius 2 is 1.75 bits per heavy atom. The van der Waals surface area contributed by atoms with Crippen molar-refractivity contribution in [1.82, 2.24) is 0 Å². The van der Waals surface area contributed by atoms with E-state index in [0.29, 0.717) is 5.69 Å². The van der Waals surface area contributed by atoms with E-state index in [1.54, 1.807) is 0 Å². The average molecular weight is 339 g/mol. The van der Waals surface area contributed by atoms with E-state index in [0.717, 1.165) is 12.1 Å². The molecule has 126 valence electrons. The maximum Gasteiger partial charge on any atom is 0.416 e. The van der Waals surface area contributed by atoms with E-state index in [9.17, 15) is 28.1 Å². The van der Waals surface area contributed by atoms with Gasteiger partial charge in [0.2, 0.25) is 5.91 Å². The van der Waals surface area contributed by atoms with Crippen LogP contribution in [-0.4, -0.2) is 17.4 Å². The average Bonchev–Trinajstić information content (AvgIpc) is 2.53. The highest BCUT2D eigenvalue weighted by molar-refractivity contribution is 5.94. The van der Waals surface area contributed by atoms with Crippen LogP contribution in [0.3, 0.4) is 0 Å². The van der Waals surface area contributed by atoms with Crippen molar-refractivity contribution < 1.29 is 22.9 Å². The smallest absolute Gasteiger partial charge is 0.376 e. The van der Waals surface area contributed by atoms with Gasteiger partial charge in [-0.2, -0.15) is 13.2 Å². The zero-order chi connectivity index (χ0) is 17.7. The zero-order valence-corrected chi connectivity index (χ0v) is 12.1. The maximum atomic E-state index is 12.4. The van der Waals surface area contributed by atoms with Gasteiger partial charge in [-0.05, 0) is 30.3 Å². The fourth-order valence-corrected chi connectivity index (χ4v) is 1.86. The molecule has 2 N–H and O–H groups in total. The number of halogens is 3. The predicted octanol–water partition coefficient (Wildman–Crippen LogP) is 3.66. The Bertz CT molecular complexity index is 746. The summed E-state index contributed by atoms with van der Waals surface area (Å²) in [6, 6.07) is 9.64. The molecular weight excluding hydrogens is 327 g/mol. The lowest BCUT2D eigenvalue weighted by atomic mass is 10.2. The van der Waals surface area contributed by atoms with Crippen LogP contribution in [0.5, 0.6) is 0 Å². The van der Waals surface area contributed by atoms with Gasteiger partial charge in [0.15, 0.2) is 0 Å². The minimum atomic E-state index is -4.42. The quantitative estimate of drug-likeness (QED) is 0.643. The second-order valence-corrected chi connectivity index (χ2v) is 4.78. The SMILES string of the molecule is O=C(CNc1ccc(C(F)(F)F)cc1)Nc1cccc([N+](=O)[O-])c1. The van der Waals surface area contributed by atoms with Crippen LogP contribution in [0.2, 0.25) is 0 Å². The van der Waals surface area contributed by atoms with Crippen molar-refractivity contribution >= 4 is 23.0 Å². The van der Waals surface area contributed by atoms with E-state index in [1.165, 1.54) is 36.4 Å². The van der Waals surface area contributed by atoms with Gasteiger partial charge in [0, 0.05) is 23.5 Å². The summed E-state index contributed by atoms with van der Waals surface area (Å²) in [6.07, 6.45) is -4.42. The molecule has 2 aromatic rings. The van der Waals surface area contributed by atoms with Gasteiger partial charge in [0.1, 0.15) is 0 Å². The van der Waals surface area contributed by atoms with Crippen LogP contribution < -0.4 is 10.6 Å². The monoisotopic (exact) mass is 339 g/mol. The van der Waals surface area contributed by atoms with Crippen LogP contribution in [0.25, 0.3) is 0 Å². The highest BCUT2D eigenvalue weighted by Gasteiger charge is 2.29. The first-order valence-corrected chi connectivity index (χ1v) is 6.71. The Kier molecular flexibility index (Phi) is 5.02. The van der Waals surface area contributed by atoms with Crippen molar-refractivity contribution in [2.24, 2.45) is 0 Å². The summed E-state index contributed by atoms with van der Waals surface area (Å²) < 4.78 is 37.3. The molecule has 2 rings (SSSR count). The number of nitrogens with zero attached hydrogens (tertiary/aromatic N) is 1. The van der Waals surface area contributed by atoms with Crippen molar-refractivity contribution in [3.63, 3.8) is 0 Å². The topological polar surface area (TPSA) is 84.3 Å². The summed E-state index contributed by atoms with van der Waals surface area (Å²) in [7, 11) is 0. The first-order valence-electron chi connectivity index (χ1n) is 6.71. The number of alkyl halides is 3. The molecule has 0 saturated heterocycles. The van der Waals surface area contributed by atoms with E-state index in [1.807, 2.05) is 0 Å². The number of rotatable bonds is 5. The summed E-state index contributed by atoms with van der Waals surface area (Å²) >= 11 is 0. The molecule has 0 atom stereocenters. The Morgan fingerprint density at radius 3 is 2.33 bits per heavy atom. The normalized spacial score (nSPS) is 11.0. The molecule has 24 heavy (non-hydrogen) atoms. The van der Waals surface area contributed by atoms with E-state index in [4.69, 9.17) is 0 Å². The van der Waals surface area contributed by atoms with E-state index in [-0.39, 0.29) is 17.9 Å². The summed E-state index contributed by atoms with van der Waals surface area (Å²) in [6.45, 7) is -0.200. The molecule has 9 heteroatoms. The zero-order valence-electron chi connectivity index (χ0n) is 12.1. The Balaban J connectivity index is 1.91. The lowest BCUT2D eigenvalue weighted by Gasteiger charge is -2.10. The van der Waals surface area contributed by atoms with Crippen LogP contribution in [0.1, 0.15) is 5.56 Å². The number of anilines is 2. The van der Waals surface area contributed by atoms with E-state index >= 15 is 0 Å². The number of amides is 1. The summed E-state index contributed by atoms with van der Waals surface area (Å²) in [5.74, 6) is -0.490. The van der Waals surface area contributed by atoms with E-state index in [2.05, 4.69) is 10.6 Å². The number of carbonyl (C=O) groups is 1. The Morgan fingerprint density at radius 1 is 1.08 bits per heavy atom. The summed E-state index contributed by atoms with van der Waals surface area (Å²) in [4.78, 5) is 21.8. The van der Waals surface area contributed by atoms with E-state index < -0.39 is 22.6 Å². The second-order valence-electron chi connectivity index (χ2n) is 4.78. The van der Waals surface area contributed by atoms with Crippen LogP contribution in [0.15, 0.2) is 48.5 Å². The number of benzene rings is 2. The third-order valence-electron chi connectivity index (χ3n) is 3.01. The van der Waals surface area contributed by atoms with Crippen LogP contribution in [-0.2, 0) is 11.0 Å². The first-order chi connectivity index (χ1) is 11.3. The van der Waals surface area contributed by atoms with Crippen LogP contribution in [0, 0.1) is 10.1 Å². The molecule has 0 fully saturated rings. The molecule has 0 aliphatic carbocycles. The molecule has 0 unspecified atom stereocenters. The number of nitro groups is 1. The van der Waals surface area contributed by atoms with Gasteiger partial charge in [-0.25, -0.2) is 0 Å². The minimum absolute atomic E-state index is 0.163. The molecule has 0 spiro atoms. The minimum Gasteiger partial charge on any atom is -0.376 e. The Hall–Kier alpha value is -3.10. The summed E-state index contributed by atoms with van der Waals surface area (Å²) in [5, 5.41) is 15.8. The first kappa shape index (κ1) is 17.3. The molecule has 0 aliphatic rings. The van der Waals surface area contributed by atoms with Crippen molar-refractivity contribution in [2.75, 3.05) is 17.2 Å². The lowest BCUT2D eigenvalue weighted by Crippen LogP contribution is -2.21. The maximum absolute atomic E-state index is 12.4. The fourth-order valence-electron chi connectivity index (χ4n) is 1.86. The van der Waals surface area contributed by atoms with Gasteiger partial charge in [0.05, 0.1) is 17.0 Å². The number of hydrogen-bond donors (Lipinski definition) is 2. The van der Waals surface area contributed by atoms with Gasteiger partial charge in [-0.15, -0.1) is 0 Å². The number of nitrogens with one attached hydrogen (secondary N) is 2. The van der Waals surface area contributed by atoms with Gasteiger partial charge in [-0.1, -0.05) is 6.07 Å². The third-order valence-corrected chi connectivity index (χ3v) is 3.01. The molecule has 0 aliphatic heterocycles. The van der Waals surface area contributed by atoms with Crippen molar-refractivity contribution in [1.29, 1.82) is 0 Å². The molecule has 0 radical (unpaired) electrons. The molecule has 0 aromatic heterocycles. The van der Waals surface area contributed by atoms with Crippen molar-refractivity contribution in [3.8, 4) is 0 Å². The molecule has 1 amide bonds. The van der Waals surface area contributed by atoms with Crippen molar-refractivity contribution in [3.05, 3.63) is 64.2 Å². The lowest BCUT2D eigenvalue weighted by molar-refractivity contribution is -0.384. The van der Waals surface area contributed by atoms with Gasteiger partial charge < -0.3 is 10.6 Å². The molecule has 6 nitrogen and oxygen atoms in total. The molecule has 0 heterocycles. The predicted molar refractivity (Wildman–Crippen MR) is 81.7 cm³/mol. The van der Waals surface area contributed by atoms with Gasteiger partial charge in [0.25, 0.3) is 5.69 Å². The summed E-state index contributed by atoms with van der Waals surface area (Å²) in [5.41, 5.74) is -0.349. The molecule has 2 aromatic carbocycles. The van der Waals surface area contributed by atoms with Crippen LogP contribution in [0.4, 0.5) is 30.2 Å². The highest BCUT2D eigenvalue weighted by Crippen LogP contribution is 2.29. The van der Waals surface area contributed by atoms with Gasteiger partial charge in [-0.3, -0.25) is 14.9 Å². The molecule has 0 bridgehead atoms. The highest BCUT2D eigenvalue weighted by atomic mass is 19.4. The number of nitro benzene ring substituents is 1.